The van der Waals surface area contributed by atoms with Crippen molar-refractivity contribution in [2.45, 2.75) is 48.9 Å². The Kier molecular flexibility index (Phi) is 6.36. The van der Waals surface area contributed by atoms with E-state index in [1.165, 1.54) is 26.7 Å². The van der Waals surface area contributed by atoms with Gasteiger partial charge in [-0.25, -0.2) is 0 Å². The number of nitrogens with zero attached hydrogens (tertiary/aromatic N) is 2. The maximum Gasteiger partial charge on any atom is 0.184 e. The molecular weight excluding hydrogens is 368 g/mol. The molecule has 1 aliphatic heterocycles. The molecule has 3 rings (SSSR count). The summed E-state index contributed by atoms with van der Waals surface area (Å²) < 4.78 is 6.34. The molecule has 0 fully saturated rings. The summed E-state index contributed by atoms with van der Waals surface area (Å²) >= 11 is 1.88. The molecule has 0 saturated carbocycles. The number of anilines is 2. The minimum atomic E-state index is -1.57. The highest BCUT2D eigenvalue weighted by molar-refractivity contribution is 7.99. The zero-order valence-corrected chi connectivity index (χ0v) is 19.3. The van der Waals surface area contributed by atoms with Crippen molar-refractivity contribution in [3.8, 4) is 0 Å². The van der Waals surface area contributed by atoms with E-state index in [1.807, 2.05) is 11.8 Å². The Morgan fingerprint density at radius 1 is 1.04 bits per heavy atom. The summed E-state index contributed by atoms with van der Waals surface area (Å²) in [7, 11) is 2.71. The highest BCUT2D eigenvalue weighted by Crippen LogP contribution is 2.48. The first kappa shape index (κ1) is 20.5. The van der Waals surface area contributed by atoms with Crippen molar-refractivity contribution in [2.24, 2.45) is 0 Å². The van der Waals surface area contributed by atoms with Crippen molar-refractivity contribution < 1.29 is 4.43 Å². The standard InChI is InChI=1S/C22H32N2OSSi/c1-17(25-27(4,5)6)18-12-13-22-20(16-18)24(15-9-14-23(2)3)19-10-7-8-11-21(19)26-22/h7-8,10-13,16-17H,9,14-15H2,1-6H3. The van der Waals surface area contributed by atoms with Gasteiger partial charge in [-0.3, -0.25) is 0 Å². The van der Waals surface area contributed by atoms with Gasteiger partial charge in [0.1, 0.15) is 0 Å². The average molecular weight is 401 g/mol. The van der Waals surface area contributed by atoms with E-state index in [0.29, 0.717) is 0 Å². The molecule has 27 heavy (non-hydrogen) atoms. The Labute approximate surface area is 169 Å². The van der Waals surface area contributed by atoms with Gasteiger partial charge in [0.05, 0.1) is 17.5 Å². The topological polar surface area (TPSA) is 15.7 Å². The van der Waals surface area contributed by atoms with Gasteiger partial charge in [0.2, 0.25) is 0 Å². The van der Waals surface area contributed by atoms with E-state index in [4.69, 9.17) is 4.43 Å². The third-order valence-corrected chi connectivity index (χ3v) is 6.83. The van der Waals surface area contributed by atoms with E-state index in [9.17, 15) is 0 Å². The van der Waals surface area contributed by atoms with Crippen LogP contribution in [0.3, 0.4) is 0 Å². The summed E-state index contributed by atoms with van der Waals surface area (Å²) in [5.74, 6) is 0. The number of para-hydroxylation sites is 1. The molecule has 1 unspecified atom stereocenters. The number of benzene rings is 2. The normalized spacial score (nSPS) is 14.9. The minimum absolute atomic E-state index is 0.132. The van der Waals surface area contributed by atoms with Crippen LogP contribution in [0, 0.1) is 0 Å². The first-order valence-electron chi connectivity index (χ1n) is 9.75. The van der Waals surface area contributed by atoms with Crippen LogP contribution in [0.25, 0.3) is 0 Å². The van der Waals surface area contributed by atoms with Crippen LogP contribution in [0.15, 0.2) is 52.3 Å². The summed E-state index contributed by atoms with van der Waals surface area (Å²) in [6, 6.07) is 15.6. The van der Waals surface area contributed by atoms with Gasteiger partial charge in [-0.1, -0.05) is 30.0 Å². The fourth-order valence-corrected chi connectivity index (χ4v) is 5.76. The molecule has 0 amide bonds. The molecule has 0 bridgehead atoms. The average Bonchev–Trinajstić information content (AvgIpc) is 2.59. The Balaban J connectivity index is 1.92. The fraction of sp³-hybridized carbons (Fsp3) is 0.455. The molecule has 0 radical (unpaired) electrons. The van der Waals surface area contributed by atoms with Crippen LogP contribution in [-0.4, -0.2) is 40.4 Å². The molecule has 5 heteroatoms. The lowest BCUT2D eigenvalue weighted by atomic mass is 10.1. The van der Waals surface area contributed by atoms with E-state index in [2.05, 4.69) is 92.9 Å². The molecule has 2 aromatic rings. The number of hydrogen-bond donors (Lipinski definition) is 0. The molecule has 0 spiro atoms. The second kappa shape index (κ2) is 8.39. The zero-order chi connectivity index (χ0) is 19.6. The molecule has 3 nitrogen and oxygen atoms in total. The smallest absolute Gasteiger partial charge is 0.184 e. The Morgan fingerprint density at radius 3 is 2.44 bits per heavy atom. The minimum Gasteiger partial charge on any atom is -0.411 e. The molecule has 1 heterocycles. The van der Waals surface area contributed by atoms with Gasteiger partial charge in [0, 0.05) is 16.3 Å². The summed E-state index contributed by atoms with van der Waals surface area (Å²) in [5, 5.41) is 0. The van der Waals surface area contributed by atoms with Crippen LogP contribution in [0.1, 0.15) is 25.0 Å². The van der Waals surface area contributed by atoms with Crippen molar-refractivity contribution >= 4 is 31.5 Å². The molecule has 0 aromatic heterocycles. The Hall–Kier alpha value is -1.27. The van der Waals surface area contributed by atoms with Crippen LogP contribution >= 0.6 is 11.8 Å². The molecule has 1 atom stereocenters. The van der Waals surface area contributed by atoms with Gasteiger partial charge in [0.25, 0.3) is 0 Å². The van der Waals surface area contributed by atoms with Crippen molar-refractivity contribution in [1.29, 1.82) is 0 Å². The first-order valence-corrected chi connectivity index (χ1v) is 14.0. The second-order valence-corrected chi connectivity index (χ2v) is 14.0. The van der Waals surface area contributed by atoms with Gasteiger partial charge >= 0.3 is 0 Å². The van der Waals surface area contributed by atoms with Gasteiger partial charge in [-0.15, -0.1) is 0 Å². The van der Waals surface area contributed by atoms with Gasteiger partial charge in [0.15, 0.2) is 8.32 Å². The zero-order valence-electron chi connectivity index (χ0n) is 17.5. The van der Waals surface area contributed by atoms with Crippen LogP contribution in [-0.2, 0) is 4.43 Å². The van der Waals surface area contributed by atoms with Gasteiger partial charge in [-0.05, 0) is 83.5 Å². The maximum atomic E-state index is 6.34. The number of hydrogen-bond acceptors (Lipinski definition) is 4. The number of rotatable bonds is 7. The molecule has 0 aliphatic carbocycles. The number of fused-ring (bicyclic) bond motifs is 2. The van der Waals surface area contributed by atoms with Crippen molar-refractivity contribution in [1.82, 2.24) is 4.90 Å². The third kappa shape index (κ3) is 5.16. The van der Waals surface area contributed by atoms with E-state index in [-0.39, 0.29) is 6.10 Å². The summed E-state index contributed by atoms with van der Waals surface area (Å²) in [6.07, 6.45) is 1.27. The van der Waals surface area contributed by atoms with E-state index in [0.717, 1.165) is 19.5 Å². The summed E-state index contributed by atoms with van der Waals surface area (Å²) in [5.41, 5.74) is 3.92. The summed E-state index contributed by atoms with van der Waals surface area (Å²) in [4.78, 5) is 7.43. The van der Waals surface area contributed by atoms with Crippen molar-refractivity contribution in [3.05, 3.63) is 48.0 Å². The quantitative estimate of drug-likeness (QED) is 0.517. The molecule has 0 saturated heterocycles. The van der Waals surface area contributed by atoms with Gasteiger partial charge in [-0.2, -0.15) is 0 Å². The lowest BCUT2D eigenvalue weighted by Crippen LogP contribution is -2.27. The Morgan fingerprint density at radius 2 is 1.74 bits per heavy atom. The van der Waals surface area contributed by atoms with Gasteiger partial charge < -0.3 is 14.2 Å². The van der Waals surface area contributed by atoms with Crippen LogP contribution in [0.4, 0.5) is 11.4 Å². The summed E-state index contributed by atoms with van der Waals surface area (Å²) in [6.45, 7) is 11.1. The van der Waals surface area contributed by atoms with Crippen LogP contribution < -0.4 is 4.90 Å². The van der Waals surface area contributed by atoms with E-state index in [1.54, 1.807) is 0 Å². The lowest BCUT2D eigenvalue weighted by Gasteiger charge is -2.34. The third-order valence-electron chi connectivity index (χ3n) is 4.64. The lowest BCUT2D eigenvalue weighted by molar-refractivity contribution is 0.219. The largest absolute Gasteiger partial charge is 0.411 e. The fourth-order valence-electron chi connectivity index (χ4n) is 3.48. The van der Waals surface area contributed by atoms with E-state index >= 15 is 0 Å². The maximum absolute atomic E-state index is 6.34. The van der Waals surface area contributed by atoms with E-state index < -0.39 is 8.32 Å². The predicted molar refractivity (Wildman–Crippen MR) is 120 cm³/mol. The van der Waals surface area contributed by atoms with Crippen molar-refractivity contribution in [2.75, 3.05) is 32.1 Å². The monoisotopic (exact) mass is 400 g/mol. The molecule has 2 aromatic carbocycles. The van der Waals surface area contributed by atoms with Crippen LogP contribution in [0.2, 0.25) is 19.6 Å². The molecule has 0 N–H and O–H groups in total. The molecule has 146 valence electrons. The van der Waals surface area contributed by atoms with Crippen LogP contribution in [0.5, 0.6) is 0 Å². The second-order valence-electron chi connectivity index (χ2n) is 8.48. The predicted octanol–water partition coefficient (Wildman–Crippen LogP) is 6.15. The molecule has 1 aliphatic rings. The SMILES string of the molecule is CC(O[Si](C)(C)C)c1ccc2c(c1)N(CCCN(C)C)c1ccccc1S2. The molecular formula is C22H32N2OSSi. The Bertz CT molecular complexity index is 788. The van der Waals surface area contributed by atoms with Crippen molar-refractivity contribution in [3.63, 3.8) is 0 Å². The highest BCUT2D eigenvalue weighted by Gasteiger charge is 2.25. The highest BCUT2D eigenvalue weighted by atomic mass is 32.2. The first-order chi connectivity index (χ1) is 12.7.